The van der Waals surface area contributed by atoms with Crippen molar-refractivity contribution in [2.75, 3.05) is 11.9 Å². The van der Waals surface area contributed by atoms with Crippen molar-refractivity contribution >= 4 is 39.7 Å². The van der Waals surface area contributed by atoms with E-state index < -0.39 is 11.2 Å². The largest absolute Gasteiger partial charge is 0.473 e. The van der Waals surface area contributed by atoms with Crippen LogP contribution >= 0.6 is 15.9 Å². The number of aromatic amines is 1. The zero-order valence-corrected chi connectivity index (χ0v) is 33.9. The van der Waals surface area contributed by atoms with Gasteiger partial charge in [-0.25, -0.2) is 13.8 Å². The van der Waals surface area contributed by atoms with E-state index in [1.165, 1.54) is 6.07 Å². The molecule has 0 radical (unpaired) electrons. The molecular formula is C40H51BrF2N4O8. The molecule has 2 amide bonds. The number of ether oxygens (including phenoxy) is 3. The number of allylic oxidation sites excluding steroid dienone is 1. The number of carbonyl (C=O) groups excluding carboxylic acids is 4. The lowest BCUT2D eigenvalue weighted by Gasteiger charge is -2.19. The molecule has 2 saturated carbocycles. The monoisotopic (exact) mass is 832 g/mol. The predicted octanol–water partition coefficient (Wildman–Crippen LogP) is 7.40. The topological polar surface area (TPSA) is 148 Å². The molecule has 2 aliphatic carbocycles. The molecule has 2 fully saturated rings. The minimum Gasteiger partial charge on any atom is -0.473 e. The van der Waals surface area contributed by atoms with E-state index in [-0.39, 0.29) is 55.2 Å². The first-order valence-corrected chi connectivity index (χ1v) is 19.6. The number of amides is 2. The van der Waals surface area contributed by atoms with Gasteiger partial charge < -0.3 is 29.0 Å². The summed E-state index contributed by atoms with van der Waals surface area (Å²) < 4.78 is 41.1. The third-order valence-electron chi connectivity index (χ3n) is 8.58. The highest BCUT2D eigenvalue weighted by molar-refractivity contribution is 9.09. The fraction of sp³-hybridized carbons (Fsp3) is 0.550. The van der Waals surface area contributed by atoms with Crippen molar-refractivity contribution in [2.24, 2.45) is 0 Å². The van der Waals surface area contributed by atoms with Gasteiger partial charge in [-0.2, -0.15) is 0 Å². The van der Waals surface area contributed by atoms with E-state index in [1.807, 2.05) is 9.80 Å². The Bertz CT molecular complexity index is 1840. The summed E-state index contributed by atoms with van der Waals surface area (Å²) >= 11 is 3.13. The van der Waals surface area contributed by atoms with Gasteiger partial charge in [0, 0.05) is 42.4 Å². The Morgan fingerprint density at radius 1 is 0.782 bits per heavy atom. The van der Waals surface area contributed by atoms with Crippen molar-refractivity contribution in [3.8, 4) is 5.88 Å². The number of hydrogen-bond acceptors (Lipinski definition) is 9. The minimum atomic E-state index is -0.562. The van der Waals surface area contributed by atoms with Crippen LogP contribution in [0.15, 0.2) is 52.9 Å². The van der Waals surface area contributed by atoms with E-state index in [4.69, 9.17) is 14.2 Å². The first-order valence-electron chi connectivity index (χ1n) is 18.4. The summed E-state index contributed by atoms with van der Waals surface area (Å²) in [5.41, 5.74) is 2.50. The predicted molar refractivity (Wildman–Crippen MR) is 205 cm³/mol. The summed E-state index contributed by atoms with van der Waals surface area (Å²) in [6, 6.07) is 7.12. The summed E-state index contributed by atoms with van der Waals surface area (Å²) in [6.07, 6.45) is 6.19. The molecule has 1 N–H and O–H groups in total. The Morgan fingerprint density at radius 2 is 1.29 bits per heavy atom. The number of nitrogens with zero attached hydrogens (tertiary/aromatic N) is 3. The number of halogens is 3. The summed E-state index contributed by atoms with van der Waals surface area (Å²) in [7, 11) is 0. The molecule has 0 bridgehead atoms. The molecule has 2 aromatic rings. The lowest BCUT2D eigenvalue weighted by Crippen LogP contribution is -2.25. The highest BCUT2D eigenvalue weighted by Crippen LogP contribution is 2.35. The first-order chi connectivity index (χ1) is 25.9. The van der Waals surface area contributed by atoms with Crippen molar-refractivity contribution in [1.82, 2.24) is 19.8 Å². The average molecular weight is 834 g/mol. The summed E-state index contributed by atoms with van der Waals surface area (Å²) in [5, 5.41) is 0.451. The van der Waals surface area contributed by atoms with Gasteiger partial charge in [-0.05, 0) is 103 Å². The zero-order chi connectivity index (χ0) is 40.5. The molecule has 0 spiro atoms. The number of alkyl halides is 1. The fourth-order valence-electron chi connectivity index (χ4n) is 5.65. The normalized spacial score (nSPS) is 16.7. The molecule has 55 heavy (non-hydrogen) atoms. The number of hydrogen-bond donors (Lipinski definition) is 1. The molecule has 4 heterocycles. The number of carbonyl (C=O) groups is 4. The lowest BCUT2D eigenvalue weighted by atomic mass is 10.1. The van der Waals surface area contributed by atoms with Gasteiger partial charge in [0.2, 0.25) is 11.4 Å². The molecule has 300 valence electrons. The van der Waals surface area contributed by atoms with E-state index in [0.717, 1.165) is 31.4 Å². The van der Waals surface area contributed by atoms with Gasteiger partial charge in [0.15, 0.2) is 0 Å². The SMILES string of the molecule is CC(C)(C)OC(=O)CC/C(=C\F)CBr.CC(C)(C)OC(=O)CC/C(=C\F)COc1ccc2c(n1)CN(C1CC1)C2=O.O=C1c2ccc(=O)[nH]c2CN1C1CC1. The van der Waals surface area contributed by atoms with Crippen molar-refractivity contribution < 1.29 is 42.2 Å². The smallest absolute Gasteiger partial charge is 0.306 e. The van der Waals surface area contributed by atoms with Gasteiger partial charge >= 0.3 is 11.9 Å². The van der Waals surface area contributed by atoms with E-state index >= 15 is 0 Å². The standard InChI is InChI=1S/C20H25FN2O4.C10H16BrFO2.C10H10N2O2/c1-20(2,3)27-18(24)9-4-13(10-21)12-26-17-8-7-15-16(22-17)11-23(19(15)25)14-5-6-14;1-10(2,3)14-9(13)5-4-8(6-11)7-12;13-9-4-3-7-8(11-9)5-12(10(7)14)6-1-2-6/h7-8,10,14H,4-6,9,11-12H2,1-3H3;7H,4-6H2,1-3H3;3-4,6H,1-2,5H2,(H,11,13)/b13-10+;8-7+;. The third-order valence-corrected chi connectivity index (χ3v) is 9.30. The van der Waals surface area contributed by atoms with Crippen LogP contribution in [0.5, 0.6) is 5.88 Å². The van der Waals surface area contributed by atoms with Crippen molar-refractivity contribution in [1.29, 1.82) is 0 Å². The number of fused-ring (bicyclic) bond motifs is 2. The summed E-state index contributed by atoms with van der Waals surface area (Å²) in [6.45, 7) is 11.8. The van der Waals surface area contributed by atoms with Crippen LogP contribution in [0.2, 0.25) is 0 Å². The van der Waals surface area contributed by atoms with Gasteiger partial charge in [-0.1, -0.05) is 15.9 Å². The highest BCUT2D eigenvalue weighted by atomic mass is 79.9. The Balaban J connectivity index is 0.000000202. The zero-order valence-electron chi connectivity index (χ0n) is 32.3. The summed E-state index contributed by atoms with van der Waals surface area (Å²) in [4.78, 5) is 68.9. The third kappa shape index (κ3) is 13.7. The number of aromatic nitrogens is 2. The second-order valence-corrected chi connectivity index (χ2v) is 16.4. The summed E-state index contributed by atoms with van der Waals surface area (Å²) in [5.74, 6) is -0.239. The van der Waals surface area contributed by atoms with E-state index in [1.54, 1.807) is 59.7 Å². The number of rotatable bonds is 12. The quantitative estimate of drug-likeness (QED) is 0.171. The Morgan fingerprint density at radius 3 is 1.80 bits per heavy atom. The molecular weight excluding hydrogens is 782 g/mol. The van der Waals surface area contributed by atoms with Crippen LogP contribution in [-0.2, 0) is 32.2 Å². The fourth-order valence-corrected chi connectivity index (χ4v) is 6.05. The van der Waals surface area contributed by atoms with Crippen molar-refractivity contribution in [3.63, 3.8) is 0 Å². The molecule has 6 rings (SSSR count). The molecule has 0 atom stereocenters. The van der Waals surface area contributed by atoms with Crippen LogP contribution in [0.1, 0.15) is 125 Å². The molecule has 2 aliphatic heterocycles. The van der Waals surface area contributed by atoms with Crippen LogP contribution in [0.4, 0.5) is 8.78 Å². The van der Waals surface area contributed by atoms with Gasteiger partial charge in [-0.15, -0.1) is 0 Å². The number of nitrogens with one attached hydrogen (secondary N) is 1. The van der Waals surface area contributed by atoms with Crippen LogP contribution in [-0.4, -0.2) is 78.7 Å². The molecule has 0 aromatic carbocycles. The van der Waals surface area contributed by atoms with Gasteiger partial charge in [0.1, 0.15) is 17.8 Å². The van der Waals surface area contributed by atoms with Gasteiger partial charge in [0.05, 0.1) is 48.3 Å². The maximum atomic E-state index is 13.1. The molecule has 0 saturated heterocycles. The Kier molecular flexibility index (Phi) is 14.9. The maximum Gasteiger partial charge on any atom is 0.306 e. The number of esters is 2. The van der Waals surface area contributed by atoms with E-state index in [9.17, 15) is 32.8 Å². The first kappa shape index (κ1) is 43.3. The van der Waals surface area contributed by atoms with Crippen LogP contribution in [0.3, 0.4) is 0 Å². The Labute approximate surface area is 328 Å². The molecule has 12 nitrogen and oxygen atoms in total. The van der Waals surface area contributed by atoms with Gasteiger partial charge in [0.25, 0.3) is 11.8 Å². The van der Waals surface area contributed by atoms with Crippen molar-refractivity contribution in [2.45, 2.75) is 129 Å². The molecule has 2 aromatic heterocycles. The van der Waals surface area contributed by atoms with E-state index in [2.05, 4.69) is 25.9 Å². The van der Waals surface area contributed by atoms with Crippen LogP contribution < -0.4 is 10.3 Å². The molecule has 15 heteroatoms. The molecule has 4 aliphatic rings. The minimum absolute atomic E-state index is 0.00856. The van der Waals surface area contributed by atoms with Gasteiger partial charge in [-0.3, -0.25) is 24.0 Å². The maximum absolute atomic E-state index is 13.1. The Hall–Kier alpha value is -4.40. The second-order valence-electron chi connectivity index (χ2n) is 15.8. The van der Waals surface area contributed by atoms with Crippen LogP contribution in [0, 0.1) is 0 Å². The second kappa shape index (κ2) is 19.0. The van der Waals surface area contributed by atoms with E-state index in [0.29, 0.717) is 83.4 Å². The van der Waals surface area contributed by atoms with Crippen molar-refractivity contribution in [3.05, 3.63) is 80.9 Å². The lowest BCUT2D eigenvalue weighted by molar-refractivity contribution is -0.155. The number of H-pyrrole nitrogens is 1. The average Bonchev–Trinajstić information content (AvgIpc) is 4.05. The van der Waals surface area contributed by atoms with Crippen LogP contribution in [0.25, 0.3) is 0 Å². The number of pyridine rings is 2. The highest BCUT2D eigenvalue weighted by Gasteiger charge is 2.40. The molecule has 0 unspecified atom stereocenters.